The topological polar surface area (TPSA) is 65.6 Å². The summed E-state index contributed by atoms with van der Waals surface area (Å²) in [5, 5.41) is 1.58. The molecule has 0 spiro atoms. The molecule has 0 saturated carbocycles. The van der Waals surface area contributed by atoms with Crippen LogP contribution in [0.15, 0.2) is 34.4 Å². The van der Waals surface area contributed by atoms with Gasteiger partial charge in [-0.25, -0.2) is 0 Å². The Hall–Kier alpha value is -2.28. The van der Waals surface area contributed by atoms with Gasteiger partial charge < -0.3 is 19.5 Å². The predicted molar refractivity (Wildman–Crippen MR) is 86.1 cm³/mol. The standard InChI is InChI=1S/C15H17N3O3S/c1-21-12-4-2-3-11(9-12)17-5-7-18(8-6-17)14(19)13-10-22-15(20)16-13/h2-4,9-10H,5-8H2,1H3,(H,16,20). The number of nitrogens with zero attached hydrogens (tertiary/aromatic N) is 2. The van der Waals surface area contributed by atoms with Crippen molar-refractivity contribution in [3.05, 3.63) is 45.0 Å². The van der Waals surface area contributed by atoms with Crippen molar-refractivity contribution in [2.75, 3.05) is 38.2 Å². The largest absolute Gasteiger partial charge is 0.497 e. The lowest BCUT2D eigenvalue weighted by Gasteiger charge is -2.36. The molecule has 0 atom stereocenters. The molecule has 7 heteroatoms. The molecule has 2 heterocycles. The molecule has 1 fully saturated rings. The third-order valence-electron chi connectivity index (χ3n) is 3.74. The highest BCUT2D eigenvalue weighted by atomic mass is 32.1. The lowest BCUT2D eigenvalue weighted by atomic mass is 10.2. The minimum absolute atomic E-state index is 0.108. The number of hydrogen-bond donors (Lipinski definition) is 1. The highest BCUT2D eigenvalue weighted by Crippen LogP contribution is 2.22. The van der Waals surface area contributed by atoms with Crippen LogP contribution < -0.4 is 14.5 Å². The summed E-state index contributed by atoms with van der Waals surface area (Å²) in [7, 11) is 1.65. The molecular formula is C15H17N3O3S. The number of benzene rings is 1. The van der Waals surface area contributed by atoms with E-state index in [1.54, 1.807) is 17.4 Å². The number of methoxy groups -OCH3 is 1. The van der Waals surface area contributed by atoms with Crippen LogP contribution in [0.4, 0.5) is 5.69 Å². The zero-order chi connectivity index (χ0) is 15.5. The number of hydrogen-bond acceptors (Lipinski definition) is 5. The molecule has 1 aliphatic heterocycles. The van der Waals surface area contributed by atoms with E-state index < -0.39 is 0 Å². The number of aromatic amines is 1. The lowest BCUT2D eigenvalue weighted by molar-refractivity contribution is 0.0741. The van der Waals surface area contributed by atoms with Crippen LogP contribution in [0.3, 0.4) is 0 Å². The van der Waals surface area contributed by atoms with Crippen LogP contribution >= 0.6 is 11.3 Å². The van der Waals surface area contributed by atoms with Gasteiger partial charge in [0.05, 0.1) is 7.11 Å². The highest BCUT2D eigenvalue weighted by Gasteiger charge is 2.23. The fourth-order valence-corrected chi connectivity index (χ4v) is 3.08. The van der Waals surface area contributed by atoms with E-state index in [1.165, 1.54) is 0 Å². The van der Waals surface area contributed by atoms with Gasteiger partial charge in [0.25, 0.3) is 5.91 Å². The fourth-order valence-electron chi connectivity index (χ4n) is 2.53. The van der Waals surface area contributed by atoms with Crippen LogP contribution in [0, 0.1) is 0 Å². The predicted octanol–water partition coefficient (Wildman–Crippen LogP) is 1.41. The molecular weight excluding hydrogens is 302 g/mol. The van der Waals surface area contributed by atoms with Crippen LogP contribution in [0.5, 0.6) is 5.75 Å². The normalized spacial score (nSPS) is 15.0. The SMILES string of the molecule is COc1cccc(N2CCN(C(=O)c3csc(=O)[nH]3)CC2)c1. The van der Waals surface area contributed by atoms with Gasteiger partial charge in [-0.1, -0.05) is 17.4 Å². The molecule has 1 saturated heterocycles. The molecule has 0 aliphatic carbocycles. The van der Waals surface area contributed by atoms with Crippen molar-refractivity contribution in [1.29, 1.82) is 0 Å². The van der Waals surface area contributed by atoms with Gasteiger partial charge in [0.1, 0.15) is 11.4 Å². The lowest BCUT2D eigenvalue weighted by Crippen LogP contribution is -2.49. The number of anilines is 1. The monoisotopic (exact) mass is 319 g/mol. The number of ether oxygens (including phenoxy) is 1. The third kappa shape index (κ3) is 2.99. The van der Waals surface area contributed by atoms with E-state index in [-0.39, 0.29) is 10.8 Å². The Morgan fingerprint density at radius 1 is 1.27 bits per heavy atom. The van der Waals surface area contributed by atoms with Crippen molar-refractivity contribution in [3.8, 4) is 5.75 Å². The second kappa shape index (κ2) is 6.23. The van der Waals surface area contributed by atoms with Crippen LogP contribution in [0.1, 0.15) is 10.5 Å². The second-order valence-corrected chi connectivity index (χ2v) is 5.88. The third-order valence-corrected chi connectivity index (χ3v) is 4.41. The van der Waals surface area contributed by atoms with Crippen molar-refractivity contribution >= 4 is 22.9 Å². The number of H-pyrrole nitrogens is 1. The maximum Gasteiger partial charge on any atom is 0.305 e. The molecule has 0 bridgehead atoms. The Labute approximate surface area is 131 Å². The van der Waals surface area contributed by atoms with Gasteiger partial charge >= 0.3 is 4.87 Å². The van der Waals surface area contributed by atoms with Gasteiger partial charge in [-0.05, 0) is 12.1 Å². The molecule has 2 aromatic rings. The van der Waals surface area contributed by atoms with Crippen molar-refractivity contribution < 1.29 is 9.53 Å². The molecule has 0 unspecified atom stereocenters. The first kappa shape index (κ1) is 14.6. The first-order chi connectivity index (χ1) is 10.7. The average Bonchev–Trinajstić information content (AvgIpc) is 3.01. The van der Waals surface area contributed by atoms with Crippen LogP contribution in [0.25, 0.3) is 0 Å². The number of piperazine rings is 1. The molecule has 116 valence electrons. The summed E-state index contributed by atoms with van der Waals surface area (Å²) < 4.78 is 5.24. The summed E-state index contributed by atoms with van der Waals surface area (Å²) in [6.45, 7) is 2.78. The smallest absolute Gasteiger partial charge is 0.305 e. The molecule has 1 aliphatic rings. The molecule has 6 nitrogen and oxygen atoms in total. The van der Waals surface area contributed by atoms with E-state index in [0.29, 0.717) is 18.8 Å². The van der Waals surface area contributed by atoms with Crippen molar-refractivity contribution in [1.82, 2.24) is 9.88 Å². The van der Waals surface area contributed by atoms with Gasteiger partial charge in [-0.15, -0.1) is 0 Å². The maximum atomic E-state index is 12.3. The number of rotatable bonds is 3. The summed E-state index contributed by atoms with van der Waals surface area (Å²) in [4.78, 5) is 29.8. The molecule has 0 radical (unpaired) electrons. The van der Waals surface area contributed by atoms with Gasteiger partial charge in [-0.2, -0.15) is 0 Å². The number of aromatic nitrogens is 1. The van der Waals surface area contributed by atoms with Gasteiger partial charge in [-0.3, -0.25) is 9.59 Å². The highest BCUT2D eigenvalue weighted by molar-refractivity contribution is 7.07. The van der Waals surface area contributed by atoms with Gasteiger partial charge in [0, 0.05) is 43.3 Å². The number of carbonyl (C=O) groups is 1. The van der Waals surface area contributed by atoms with Crippen molar-refractivity contribution in [2.45, 2.75) is 0 Å². The average molecular weight is 319 g/mol. The van der Waals surface area contributed by atoms with E-state index in [2.05, 4.69) is 9.88 Å². The Morgan fingerprint density at radius 2 is 2.05 bits per heavy atom. The van der Waals surface area contributed by atoms with Crippen molar-refractivity contribution in [3.63, 3.8) is 0 Å². The van der Waals surface area contributed by atoms with E-state index in [1.807, 2.05) is 24.3 Å². The van der Waals surface area contributed by atoms with Crippen LogP contribution in [-0.4, -0.2) is 49.1 Å². The molecule has 3 rings (SSSR count). The fraction of sp³-hybridized carbons (Fsp3) is 0.333. The Balaban J connectivity index is 1.64. The number of thiazole rings is 1. The summed E-state index contributed by atoms with van der Waals surface area (Å²) >= 11 is 1.02. The summed E-state index contributed by atoms with van der Waals surface area (Å²) in [6, 6.07) is 7.90. The van der Waals surface area contributed by atoms with E-state index in [9.17, 15) is 9.59 Å². The second-order valence-electron chi connectivity index (χ2n) is 5.04. The van der Waals surface area contributed by atoms with Crippen LogP contribution in [-0.2, 0) is 0 Å². The molecule has 1 aromatic heterocycles. The Morgan fingerprint density at radius 3 is 2.68 bits per heavy atom. The van der Waals surface area contributed by atoms with E-state index in [0.717, 1.165) is 35.9 Å². The molecule has 22 heavy (non-hydrogen) atoms. The summed E-state index contributed by atoms with van der Waals surface area (Å²) in [5.74, 6) is 0.718. The zero-order valence-electron chi connectivity index (χ0n) is 12.2. The number of amides is 1. The molecule has 1 N–H and O–H groups in total. The maximum absolute atomic E-state index is 12.3. The van der Waals surface area contributed by atoms with Crippen molar-refractivity contribution in [2.24, 2.45) is 0 Å². The number of nitrogens with one attached hydrogen (secondary N) is 1. The van der Waals surface area contributed by atoms with Gasteiger partial charge in [0.2, 0.25) is 0 Å². The van der Waals surface area contributed by atoms with Gasteiger partial charge in [0.15, 0.2) is 0 Å². The molecule has 1 amide bonds. The van der Waals surface area contributed by atoms with E-state index >= 15 is 0 Å². The molecule has 1 aromatic carbocycles. The number of carbonyl (C=O) groups excluding carboxylic acids is 1. The Bertz CT molecular complexity index is 717. The minimum atomic E-state index is -0.196. The Kier molecular flexibility index (Phi) is 4.15. The first-order valence-electron chi connectivity index (χ1n) is 7.03. The first-order valence-corrected chi connectivity index (χ1v) is 7.91. The summed E-state index contributed by atoms with van der Waals surface area (Å²) in [6.07, 6.45) is 0. The summed E-state index contributed by atoms with van der Waals surface area (Å²) in [5.41, 5.74) is 1.47. The van der Waals surface area contributed by atoms with E-state index in [4.69, 9.17) is 4.74 Å². The quantitative estimate of drug-likeness (QED) is 0.929. The van der Waals surface area contributed by atoms with Crippen LogP contribution in [0.2, 0.25) is 0 Å². The zero-order valence-corrected chi connectivity index (χ0v) is 13.1. The minimum Gasteiger partial charge on any atom is -0.497 e.